The van der Waals surface area contributed by atoms with E-state index < -0.39 is 15.9 Å². The maximum atomic E-state index is 10.8. The van der Waals surface area contributed by atoms with Gasteiger partial charge in [-0.25, -0.2) is 0 Å². The molecule has 0 aromatic carbocycles. The minimum Gasteiger partial charge on any atom is -0.344 e. The van der Waals surface area contributed by atoms with Crippen molar-refractivity contribution in [1.82, 2.24) is 0 Å². The normalized spacial score (nSPS) is 40.7. The van der Waals surface area contributed by atoms with E-state index in [2.05, 4.69) is 0 Å². The first kappa shape index (κ1) is 11.3. The zero-order chi connectivity index (χ0) is 11.1. The van der Waals surface area contributed by atoms with Gasteiger partial charge in [0.25, 0.3) is 10.1 Å². The van der Waals surface area contributed by atoms with Crippen LogP contribution in [0.3, 0.4) is 0 Å². The third-order valence-corrected chi connectivity index (χ3v) is 3.35. The molecule has 3 atom stereocenters. The van der Waals surface area contributed by atoms with Crippen molar-refractivity contribution in [3.8, 4) is 0 Å². The van der Waals surface area contributed by atoms with Crippen LogP contribution in [0.5, 0.6) is 0 Å². The van der Waals surface area contributed by atoms with Gasteiger partial charge >= 0.3 is 0 Å². The van der Waals surface area contributed by atoms with Crippen LogP contribution in [-0.4, -0.2) is 39.3 Å². The van der Waals surface area contributed by atoms with Gasteiger partial charge in [-0.1, -0.05) is 0 Å². The molecule has 0 N–H and O–H groups in total. The molecule has 2 fully saturated rings. The molecule has 0 spiro atoms. The Morgan fingerprint density at radius 1 is 1.47 bits per heavy atom. The van der Waals surface area contributed by atoms with Crippen LogP contribution in [0.15, 0.2) is 0 Å². The third kappa shape index (κ3) is 2.69. The lowest BCUT2D eigenvalue weighted by Crippen LogP contribution is -2.30. The van der Waals surface area contributed by atoms with Gasteiger partial charge in [-0.3, -0.25) is 4.18 Å². The first-order valence-corrected chi connectivity index (χ1v) is 6.90. The zero-order valence-corrected chi connectivity index (χ0v) is 9.75. The molecule has 0 saturated carbocycles. The molecule has 0 amide bonds. The van der Waals surface area contributed by atoms with Gasteiger partial charge in [-0.2, -0.15) is 8.42 Å². The summed E-state index contributed by atoms with van der Waals surface area (Å²) in [7, 11) is -3.40. The van der Waals surface area contributed by atoms with E-state index in [1.165, 1.54) is 0 Å². The maximum absolute atomic E-state index is 10.8. The molecule has 2 bridgehead atoms. The van der Waals surface area contributed by atoms with E-state index in [-0.39, 0.29) is 18.8 Å². The highest BCUT2D eigenvalue weighted by atomic mass is 32.2. The van der Waals surface area contributed by atoms with Crippen molar-refractivity contribution in [2.45, 2.75) is 44.2 Å². The Kier molecular flexibility index (Phi) is 2.79. The summed E-state index contributed by atoms with van der Waals surface area (Å²) in [5.74, 6) is -0.533. The molecule has 6 heteroatoms. The molecule has 0 aromatic heterocycles. The van der Waals surface area contributed by atoms with E-state index in [0.29, 0.717) is 0 Å². The third-order valence-electron chi connectivity index (χ3n) is 2.78. The van der Waals surface area contributed by atoms with Crippen LogP contribution in [0.1, 0.15) is 26.2 Å². The second-order valence-electron chi connectivity index (χ2n) is 4.33. The first-order chi connectivity index (χ1) is 6.88. The Bertz CT molecular complexity index is 338. The van der Waals surface area contributed by atoms with Crippen molar-refractivity contribution in [3.05, 3.63) is 0 Å². The van der Waals surface area contributed by atoms with Gasteiger partial charge < -0.3 is 9.47 Å². The smallest absolute Gasteiger partial charge is 0.264 e. The van der Waals surface area contributed by atoms with Crippen LogP contribution in [0.2, 0.25) is 0 Å². The molecule has 88 valence electrons. The lowest BCUT2D eigenvalue weighted by atomic mass is 10.0. The van der Waals surface area contributed by atoms with E-state index in [1.807, 2.05) is 6.92 Å². The average Bonchev–Trinajstić information content (AvgIpc) is 2.32. The number of hydrogen-bond acceptors (Lipinski definition) is 5. The number of rotatable bonds is 3. The monoisotopic (exact) mass is 236 g/mol. The van der Waals surface area contributed by atoms with Gasteiger partial charge in [-0.15, -0.1) is 0 Å². The Labute approximate surface area is 89.8 Å². The zero-order valence-electron chi connectivity index (χ0n) is 8.93. The maximum Gasteiger partial charge on any atom is 0.264 e. The molecule has 2 aliphatic rings. The fraction of sp³-hybridized carbons (Fsp3) is 1.00. The molecule has 2 heterocycles. The lowest BCUT2D eigenvalue weighted by Gasteiger charge is -2.26. The molecule has 1 unspecified atom stereocenters. The van der Waals surface area contributed by atoms with E-state index in [4.69, 9.17) is 13.7 Å². The van der Waals surface area contributed by atoms with Crippen molar-refractivity contribution < 1.29 is 22.1 Å². The van der Waals surface area contributed by atoms with Gasteiger partial charge in [-0.05, 0) is 19.8 Å². The summed E-state index contributed by atoms with van der Waals surface area (Å²) < 4.78 is 37.7. The van der Waals surface area contributed by atoms with Crippen LogP contribution in [0.25, 0.3) is 0 Å². The van der Waals surface area contributed by atoms with E-state index in [0.717, 1.165) is 25.5 Å². The second-order valence-corrected chi connectivity index (χ2v) is 5.97. The molecular formula is C9H16O5S. The predicted octanol–water partition coefficient (Wildman–Crippen LogP) is 0.647. The summed E-state index contributed by atoms with van der Waals surface area (Å²) in [4.78, 5) is 0. The quantitative estimate of drug-likeness (QED) is 0.673. The Balaban J connectivity index is 1.95. The van der Waals surface area contributed by atoms with Crippen LogP contribution in [-0.2, 0) is 23.8 Å². The molecule has 15 heavy (non-hydrogen) atoms. The fourth-order valence-corrected chi connectivity index (χ4v) is 2.52. The molecule has 5 nitrogen and oxygen atoms in total. The molecule has 0 aliphatic carbocycles. The molecule has 0 radical (unpaired) electrons. The Morgan fingerprint density at radius 3 is 2.80 bits per heavy atom. The molecule has 2 rings (SSSR count). The van der Waals surface area contributed by atoms with Crippen LogP contribution >= 0.6 is 0 Å². The number of ether oxygens (including phenoxy) is 2. The highest BCUT2D eigenvalue weighted by molar-refractivity contribution is 7.85. The number of hydrogen-bond donors (Lipinski definition) is 0. The minimum absolute atomic E-state index is 0.0227. The van der Waals surface area contributed by atoms with Gasteiger partial charge in [0.05, 0.1) is 19.0 Å². The highest BCUT2D eigenvalue weighted by Gasteiger charge is 2.47. The van der Waals surface area contributed by atoms with Crippen LogP contribution in [0, 0.1) is 0 Å². The Morgan fingerprint density at radius 2 is 2.20 bits per heavy atom. The summed E-state index contributed by atoms with van der Waals surface area (Å²) in [6.45, 7) is 1.94. The summed E-state index contributed by atoms with van der Waals surface area (Å²) in [5.41, 5.74) is 0. The van der Waals surface area contributed by atoms with Crippen molar-refractivity contribution in [1.29, 1.82) is 0 Å². The van der Waals surface area contributed by atoms with Crippen LogP contribution in [0.4, 0.5) is 0 Å². The topological polar surface area (TPSA) is 61.8 Å². The Hall–Kier alpha value is -0.170. The average molecular weight is 236 g/mol. The van der Waals surface area contributed by atoms with Gasteiger partial charge in [0, 0.05) is 6.42 Å². The fourth-order valence-electron chi connectivity index (χ4n) is 2.14. The van der Waals surface area contributed by atoms with Gasteiger partial charge in [0.1, 0.15) is 6.10 Å². The minimum atomic E-state index is -3.40. The molecular weight excluding hydrogens is 220 g/mol. The van der Waals surface area contributed by atoms with Crippen LogP contribution < -0.4 is 0 Å². The van der Waals surface area contributed by atoms with Crippen molar-refractivity contribution in [2.75, 3.05) is 12.9 Å². The van der Waals surface area contributed by atoms with E-state index in [9.17, 15) is 8.42 Å². The van der Waals surface area contributed by atoms with Crippen molar-refractivity contribution in [3.63, 3.8) is 0 Å². The second kappa shape index (κ2) is 3.69. The van der Waals surface area contributed by atoms with Crippen molar-refractivity contribution in [2.24, 2.45) is 0 Å². The van der Waals surface area contributed by atoms with E-state index >= 15 is 0 Å². The molecule has 0 aromatic rings. The molecule has 2 saturated heterocycles. The largest absolute Gasteiger partial charge is 0.344 e. The summed E-state index contributed by atoms with van der Waals surface area (Å²) in [6.07, 6.45) is 3.58. The van der Waals surface area contributed by atoms with Gasteiger partial charge in [0.2, 0.25) is 0 Å². The van der Waals surface area contributed by atoms with E-state index in [1.54, 1.807) is 0 Å². The summed E-state index contributed by atoms with van der Waals surface area (Å²) >= 11 is 0. The summed E-state index contributed by atoms with van der Waals surface area (Å²) in [5, 5.41) is 0. The van der Waals surface area contributed by atoms with Gasteiger partial charge in [0.15, 0.2) is 5.79 Å². The lowest BCUT2D eigenvalue weighted by molar-refractivity contribution is -0.180. The highest BCUT2D eigenvalue weighted by Crippen LogP contribution is 2.39. The van der Waals surface area contributed by atoms with Crippen molar-refractivity contribution >= 4 is 10.1 Å². The number of fused-ring (bicyclic) bond motifs is 2. The standard InChI is InChI=1S/C9H16O5S/c1-9-5-3-4-7(13-9)8(14-9)6-12-15(2,10)11/h7-8H,3-6H2,1-2H3/t7-,8+,9?/m0/s1. The predicted molar refractivity (Wildman–Crippen MR) is 52.8 cm³/mol. The SMILES string of the molecule is CC12CCC[C@H](O1)[C@@H](COS(C)(=O)=O)O2. The molecule has 2 aliphatic heterocycles. The summed E-state index contributed by atoms with van der Waals surface area (Å²) in [6, 6.07) is 0. The first-order valence-electron chi connectivity index (χ1n) is 5.08.